The Kier molecular flexibility index (Phi) is 8.16. The Morgan fingerprint density at radius 1 is 1.21 bits per heavy atom. The van der Waals surface area contributed by atoms with Gasteiger partial charge in [0.25, 0.3) is 5.56 Å². The number of benzene rings is 2. The number of hydrogen-bond acceptors (Lipinski definition) is 5. The Bertz CT molecular complexity index is 1190. The van der Waals surface area contributed by atoms with Crippen LogP contribution in [0.3, 0.4) is 0 Å². The first-order valence-corrected chi connectivity index (χ1v) is 12.1. The van der Waals surface area contributed by atoms with Crippen molar-refractivity contribution < 1.29 is 9.47 Å². The van der Waals surface area contributed by atoms with Gasteiger partial charge in [0.15, 0.2) is 5.11 Å². The second-order valence-electron chi connectivity index (χ2n) is 8.57. The molecule has 1 aromatic heterocycles. The summed E-state index contributed by atoms with van der Waals surface area (Å²) in [5.74, 6) is 0.719. The topological polar surface area (TPSA) is 69.8 Å². The maximum atomic E-state index is 12.9. The number of rotatable bonds is 8. The first-order valence-electron chi connectivity index (χ1n) is 11.6. The molecule has 4 rings (SSSR count). The van der Waals surface area contributed by atoms with Crippen LogP contribution < -0.4 is 15.6 Å². The molecule has 2 N–H and O–H groups in total. The van der Waals surface area contributed by atoms with Crippen molar-refractivity contribution in [2.24, 2.45) is 0 Å². The molecular formula is C26H32N4O3S. The van der Waals surface area contributed by atoms with Gasteiger partial charge in [-0.25, -0.2) is 0 Å². The third kappa shape index (κ3) is 6.14. The molecule has 1 fully saturated rings. The van der Waals surface area contributed by atoms with Crippen LogP contribution in [-0.2, 0) is 11.3 Å². The maximum Gasteiger partial charge on any atom is 0.253 e. The zero-order chi connectivity index (χ0) is 23.9. The van der Waals surface area contributed by atoms with Crippen LogP contribution in [0.2, 0.25) is 0 Å². The van der Waals surface area contributed by atoms with E-state index in [9.17, 15) is 4.79 Å². The highest BCUT2D eigenvalue weighted by molar-refractivity contribution is 7.80. The first-order chi connectivity index (χ1) is 16.5. The van der Waals surface area contributed by atoms with Crippen LogP contribution in [0.25, 0.3) is 10.9 Å². The molecule has 0 spiro atoms. The van der Waals surface area contributed by atoms with E-state index >= 15 is 0 Å². The van der Waals surface area contributed by atoms with Gasteiger partial charge in [0.1, 0.15) is 5.75 Å². The fraction of sp³-hybridized carbons (Fsp3) is 0.385. The maximum absolute atomic E-state index is 12.9. The van der Waals surface area contributed by atoms with E-state index in [2.05, 4.69) is 26.2 Å². The average Bonchev–Trinajstić information content (AvgIpc) is 2.84. The second kappa shape index (κ2) is 11.5. The largest absolute Gasteiger partial charge is 0.495 e. The van der Waals surface area contributed by atoms with Gasteiger partial charge >= 0.3 is 0 Å². The van der Waals surface area contributed by atoms with E-state index in [1.165, 1.54) is 0 Å². The third-order valence-corrected chi connectivity index (χ3v) is 6.44. The van der Waals surface area contributed by atoms with E-state index in [1.54, 1.807) is 7.11 Å². The van der Waals surface area contributed by atoms with Crippen molar-refractivity contribution in [3.63, 3.8) is 0 Å². The van der Waals surface area contributed by atoms with Gasteiger partial charge in [-0.3, -0.25) is 9.69 Å². The van der Waals surface area contributed by atoms with Crippen LogP contribution in [-0.4, -0.2) is 66.4 Å². The van der Waals surface area contributed by atoms with Crippen molar-refractivity contribution in [1.29, 1.82) is 0 Å². The normalized spacial score (nSPS) is 14.2. The number of H-pyrrole nitrogens is 1. The molecule has 0 bridgehead atoms. The molecule has 1 aliphatic rings. The van der Waals surface area contributed by atoms with E-state index in [1.807, 2.05) is 49.4 Å². The molecule has 1 saturated heterocycles. The summed E-state index contributed by atoms with van der Waals surface area (Å²) in [7, 11) is 1.64. The van der Waals surface area contributed by atoms with Crippen molar-refractivity contribution in [1.82, 2.24) is 14.8 Å². The molecule has 2 heterocycles. The van der Waals surface area contributed by atoms with E-state index in [0.717, 1.165) is 73.7 Å². The van der Waals surface area contributed by atoms with Crippen molar-refractivity contribution in [2.75, 3.05) is 51.8 Å². The number of aromatic nitrogens is 1. The van der Waals surface area contributed by atoms with Gasteiger partial charge in [-0.2, -0.15) is 0 Å². The lowest BCUT2D eigenvalue weighted by Crippen LogP contribution is -2.40. The van der Waals surface area contributed by atoms with Crippen LogP contribution in [0, 0.1) is 6.92 Å². The summed E-state index contributed by atoms with van der Waals surface area (Å²) in [4.78, 5) is 20.4. The number of thiocarbonyl (C=S) groups is 1. The quantitative estimate of drug-likeness (QED) is 0.476. The van der Waals surface area contributed by atoms with Gasteiger partial charge < -0.3 is 24.7 Å². The molecule has 3 aromatic rings. The summed E-state index contributed by atoms with van der Waals surface area (Å²) in [6, 6.07) is 15.7. The molecule has 8 heteroatoms. The number of hydrogen-bond donors (Lipinski definition) is 2. The van der Waals surface area contributed by atoms with Crippen LogP contribution in [0.5, 0.6) is 5.75 Å². The molecule has 0 amide bonds. The molecule has 0 aliphatic carbocycles. The molecular weight excluding hydrogens is 448 g/mol. The summed E-state index contributed by atoms with van der Waals surface area (Å²) in [6.45, 7) is 7.59. The summed E-state index contributed by atoms with van der Waals surface area (Å²) in [5, 5.41) is 4.90. The molecule has 2 aromatic carbocycles. The number of nitrogens with zero attached hydrogens (tertiary/aromatic N) is 2. The summed E-state index contributed by atoms with van der Waals surface area (Å²) >= 11 is 5.80. The van der Waals surface area contributed by atoms with Gasteiger partial charge in [0, 0.05) is 37.3 Å². The molecule has 0 radical (unpaired) electrons. The number of pyridine rings is 1. The number of fused-ring (bicyclic) bond motifs is 1. The highest BCUT2D eigenvalue weighted by Gasteiger charge is 2.16. The number of morpholine rings is 1. The minimum absolute atomic E-state index is 0.0867. The zero-order valence-electron chi connectivity index (χ0n) is 19.8. The predicted molar refractivity (Wildman–Crippen MR) is 141 cm³/mol. The summed E-state index contributed by atoms with van der Waals surface area (Å²) < 4.78 is 10.9. The molecule has 1 aliphatic heterocycles. The van der Waals surface area contributed by atoms with Crippen LogP contribution in [0.4, 0.5) is 5.69 Å². The van der Waals surface area contributed by atoms with E-state index in [4.69, 9.17) is 21.7 Å². The minimum Gasteiger partial charge on any atom is -0.495 e. The highest BCUT2D eigenvalue weighted by atomic mass is 32.1. The molecule has 180 valence electrons. The van der Waals surface area contributed by atoms with Crippen molar-refractivity contribution in [3.05, 3.63) is 70.0 Å². The second-order valence-corrected chi connectivity index (χ2v) is 8.96. The number of aromatic amines is 1. The van der Waals surface area contributed by atoms with E-state index < -0.39 is 0 Å². The van der Waals surface area contributed by atoms with Gasteiger partial charge in [-0.1, -0.05) is 24.3 Å². The molecule has 34 heavy (non-hydrogen) atoms. The van der Waals surface area contributed by atoms with Gasteiger partial charge in [0.2, 0.25) is 0 Å². The Labute approximate surface area is 205 Å². The van der Waals surface area contributed by atoms with Crippen molar-refractivity contribution in [2.45, 2.75) is 19.9 Å². The fourth-order valence-corrected chi connectivity index (χ4v) is 4.45. The number of aryl methyl sites for hydroxylation is 1. The van der Waals surface area contributed by atoms with Gasteiger partial charge in [-0.15, -0.1) is 0 Å². The number of para-hydroxylation sites is 2. The number of methoxy groups -OCH3 is 1. The Morgan fingerprint density at radius 3 is 2.79 bits per heavy atom. The highest BCUT2D eigenvalue weighted by Crippen LogP contribution is 2.24. The summed E-state index contributed by atoms with van der Waals surface area (Å²) in [5.41, 5.74) is 3.37. The lowest BCUT2D eigenvalue weighted by atomic mass is 10.1. The van der Waals surface area contributed by atoms with E-state index in [0.29, 0.717) is 17.2 Å². The fourth-order valence-electron chi connectivity index (χ4n) is 4.19. The Hall–Kier alpha value is -2.94. The molecule has 0 unspecified atom stereocenters. The van der Waals surface area contributed by atoms with Crippen LogP contribution in [0.15, 0.2) is 53.3 Å². The number of ether oxygens (including phenoxy) is 2. The first kappa shape index (κ1) is 24.2. The number of anilines is 1. The van der Waals surface area contributed by atoms with E-state index in [-0.39, 0.29) is 5.56 Å². The molecule has 7 nitrogen and oxygen atoms in total. The molecule has 0 saturated carbocycles. The van der Waals surface area contributed by atoms with Crippen molar-refractivity contribution >= 4 is 33.9 Å². The standard InChI is InChI=1S/C26H32N4O3S/c1-19-8-9-20-17-21(25(31)27-23(20)16-19)18-30(11-5-10-29-12-14-33-15-13-29)26(34)28-22-6-3-4-7-24(22)32-2/h3-4,6-9,16-17H,5,10-15,18H2,1-2H3,(H,27,31)(H,28,34). The minimum atomic E-state index is -0.0867. The van der Waals surface area contributed by atoms with Crippen molar-refractivity contribution in [3.8, 4) is 5.75 Å². The van der Waals surface area contributed by atoms with Crippen LogP contribution >= 0.6 is 12.2 Å². The lowest BCUT2D eigenvalue weighted by molar-refractivity contribution is 0.0367. The Morgan fingerprint density at radius 2 is 2.00 bits per heavy atom. The van der Waals surface area contributed by atoms with Crippen LogP contribution in [0.1, 0.15) is 17.5 Å². The van der Waals surface area contributed by atoms with Gasteiger partial charge in [-0.05, 0) is 60.8 Å². The number of nitrogens with one attached hydrogen (secondary N) is 2. The average molecular weight is 481 g/mol. The Balaban J connectivity index is 1.53. The smallest absolute Gasteiger partial charge is 0.253 e. The predicted octanol–water partition coefficient (Wildman–Crippen LogP) is 3.77. The van der Waals surface area contributed by atoms with Gasteiger partial charge in [0.05, 0.1) is 32.6 Å². The zero-order valence-corrected chi connectivity index (χ0v) is 20.6. The lowest BCUT2D eigenvalue weighted by Gasteiger charge is -2.29. The third-order valence-electron chi connectivity index (χ3n) is 6.08. The SMILES string of the molecule is COc1ccccc1NC(=S)N(CCCN1CCOCC1)Cc1cc2ccc(C)cc2[nH]c1=O. The molecule has 0 atom stereocenters. The monoisotopic (exact) mass is 480 g/mol. The summed E-state index contributed by atoms with van der Waals surface area (Å²) in [6.07, 6.45) is 0.929.